The minimum atomic E-state index is 0.601. The van der Waals surface area contributed by atoms with Crippen molar-refractivity contribution in [1.29, 1.82) is 0 Å². The van der Waals surface area contributed by atoms with E-state index in [0.29, 0.717) is 4.77 Å². The summed E-state index contributed by atoms with van der Waals surface area (Å²) in [4.78, 5) is 10.7. The van der Waals surface area contributed by atoms with Gasteiger partial charge < -0.3 is 14.5 Å². The lowest BCUT2D eigenvalue weighted by Crippen LogP contribution is -1.90. The molecule has 0 amide bonds. The molecule has 0 fully saturated rings. The molecular weight excluding hydrogens is 320 g/mol. The van der Waals surface area contributed by atoms with Crippen LogP contribution in [0.15, 0.2) is 35.1 Å². The molecule has 0 aliphatic rings. The Morgan fingerprint density at radius 3 is 2.62 bits per heavy atom. The number of aryl methyl sites for hydroxylation is 3. The molecule has 6 heteroatoms. The Morgan fingerprint density at radius 1 is 1.08 bits per heavy atom. The number of imidazole rings is 1. The first kappa shape index (κ1) is 14.8. The van der Waals surface area contributed by atoms with Crippen molar-refractivity contribution >= 4 is 23.3 Å². The van der Waals surface area contributed by atoms with E-state index in [-0.39, 0.29) is 0 Å². The van der Waals surface area contributed by atoms with Crippen LogP contribution >= 0.6 is 12.2 Å². The number of nitrogens with one attached hydrogen (secondary N) is 2. The predicted molar refractivity (Wildman–Crippen MR) is 96.4 cm³/mol. The Bertz CT molecular complexity index is 1100. The first-order valence-corrected chi connectivity index (χ1v) is 8.05. The maximum Gasteiger partial charge on any atom is 0.175 e. The zero-order valence-corrected chi connectivity index (χ0v) is 14.4. The summed E-state index contributed by atoms with van der Waals surface area (Å²) in [6.07, 6.45) is 3.68. The van der Waals surface area contributed by atoms with E-state index in [2.05, 4.69) is 39.2 Å². The van der Waals surface area contributed by atoms with Gasteiger partial charge in [-0.15, -0.1) is 0 Å². The van der Waals surface area contributed by atoms with E-state index < -0.39 is 0 Å². The van der Waals surface area contributed by atoms with E-state index in [9.17, 15) is 0 Å². The highest BCUT2D eigenvalue weighted by molar-refractivity contribution is 7.71. The second-order valence-corrected chi connectivity index (χ2v) is 6.32. The number of H-pyrrole nitrogens is 2. The smallest absolute Gasteiger partial charge is 0.175 e. The third-order valence-electron chi connectivity index (χ3n) is 4.28. The van der Waals surface area contributed by atoms with Crippen LogP contribution in [0.1, 0.15) is 17.0 Å². The van der Waals surface area contributed by atoms with Gasteiger partial charge in [-0.25, -0.2) is 0 Å². The van der Waals surface area contributed by atoms with Crippen LogP contribution in [-0.2, 0) is 0 Å². The predicted octanol–water partition coefficient (Wildman–Crippen LogP) is 4.87. The van der Waals surface area contributed by atoms with Crippen LogP contribution in [0.3, 0.4) is 0 Å². The highest BCUT2D eigenvalue weighted by Crippen LogP contribution is 2.36. The van der Waals surface area contributed by atoms with E-state index in [1.54, 1.807) is 6.20 Å². The summed E-state index contributed by atoms with van der Waals surface area (Å²) in [5.74, 6) is 0.801. The van der Waals surface area contributed by atoms with E-state index in [1.165, 1.54) is 0 Å². The van der Waals surface area contributed by atoms with Crippen LogP contribution in [0.25, 0.3) is 33.3 Å². The molecule has 4 aromatic rings. The molecule has 0 atom stereocenters. The molecule has 120 valence electrons. The molecule has 3 aromatic heterocycles. The van der Waals surface area contributed by atoms with Gasteiger partial charge in [-0.05, 0) is 62.3 Å². The topological polar surface area (TPSA) is 70.5 Å². The SMILES string of the molecule is Cc1ccncc1-c1cc(-c2c(C)noc2C)cc2[nH]c(=S)[nH]c12. The minimum absolute atomic E-state index is 0.601. The van der Waals surface area contributed by atoms with Crippen LogP contribution in [0.5, 0.6) is 0 Å². The number of nitrogens with zero attached hydrogens (tertiary/aromatic N) is 2. The van der Waals surface area contributed by atoms with Crippen LogP contribution in [0, 0.1) is 25.5 Å². The van der Waals surface area contributed by atoms with Gasteiger partial charge >= 0.3 is 0 Å². The normalized spacial score (nSPS) is 11.3. The number of pyridine rings is 1. The van der Waals surface area contributed by atoms with Crippen molar-refractivity contribution in [2.75, 3.05) is 0 Å². The zero-order chi connectivity index (χ0) is 16.8. The molecular formula is C18H16N4OS. The van der Waals surface area contributed by atoms with E-state index in [4.69, 9.17) is 16.7 Å². The molecule has 3 heterocycles. The lowest BCUT2D eigenvalue weighted by molar-refractivity contribution is 0.393. The van der Waals surface area contributed by atoms with Crippen molar-refractivity contribution in [3.63, 3.8) is 0 Å². The molecule has 0 saturated carbocycles. The summed E-state index contributed by atoms with van der Waals surface area (Å²) in [6, 6.07) is 6.21. The maximum atomic E-state index is 5.34. The number of hydrogen-bond donors (Lipinski definition) is 2. The van der Waals surface area contributed by atoms with E-state index in [1.807, 2.05) is 26.1 Å². The molecule has 2 N–H and O–H groups in total. The number of aromatic amines is 2. The summed E-state index contributed by atoms with van der Waals surface area (Å²) in [6.45, 7) is 5.95. The highest BCUT2D eigenvalue weighted by Gasteiger charge is 2.16. The molecule has 4 rings (SSSR count). The van der Waals surface area contributed by atoms with Gasteiger partial charge in [0.2, 0.25) is 0 Å². The van der Waals surface area contributed by atoms with Gasteiger partial charge in [-0.2, -0.15) is 0 Å². The number of aromatic nitrogens is 4. The van der Waals surface area contributed by atoms with Crippen LogP contribution < -0.4 is 0 Å². The molecule has 0 saturated heterocycles. The van der Waals surface area contributed by atoms with Gasteiger partial charge in [-0.3, -0.25) is 4.98 Å². The summed E-state index contributed by atoms with van der Waals surface area (Å²) < 4.78 is 5.94. The summed E-state index contributed by atoms with van der Waals surface area (Å²) in [7, 11) is 0. The third kappa shape index (κ3) is 2.27. The number of rotatable bonds is 2. The van der Waals surface area contributed by atoms with Crippen molar-refractivity contribution in [2.24, 2.45) is 0 Å². The molecule has 0 bridgehead atoms. The van der Waals surface area contributed by atoms with Crippen LogP contribution in [-0.4, -0.2) is 20.1 Å². The lowest BCUT2D eigenvalue weighted by Gasteiger charge is -2.09. The molecule has 5 nitrogen and oxygen atoms in total. The quantitative estimate of drug-likeness (QED) is 0.512. The van der Waals surface area contributed by atoms with Gasteiger partial charge in [0.1, 0.15) is 5.76 Å². The van der Waals surface area contributed by atoms with Crippen molar-refractivity contribution < 1.29 is 4.52 Å². The molecule has 0 unspecified atom stereocenters. The second-order valence-electron chi connectivity index (χ2n) is 5.92. The average Bonchev–Trinajstić information content (AvgIpc) is 3.08. The Kier molecular flexibility index (Phi) is 3.35. The fourth-order valence-electron chi connectivity index (χ4n) is 3.14. The van der Waals surface area contributed by atoms with E-state index in [0.717, 1.165) is 50.3 Å². The Hall–Kier alpha value is -2.73. The minimum Gasteiger partial charge on any atom is -0.361 e. The lowest BCUT2D eigenvalue weighted by atomic mass is 9.95. The van der Waals surface area contributed by atoms with Gasteiger partial charge in [0.05, 0.1) is 16.7 Å². The first-order chi connectivity index (χ1) is 11.5. The van der Waals surface area contributed by atoms with Crippen molar-refractivity contribution in [1.82, 2.24) is 20.1 Å². The van der Waals surface area contributed by atoms with E-state index >= 15 is 0 Å². The molecule has 1 aromatic carbocycles. The molecule has 24 heavy (non-hydrogen) atoms. The second kappa shape index (κ2) is 5.42. The van der Waals surface area contributed by atoms with Crippen LogP contribution in [0.2, 0.25) is 0 Å². The molecule has 0 aliphatic carbocycles. The molecule has 0 aliphatic heterocycles. The molecule has 0 radical (unpaired) electrons. The Balaban J connectivity index is 2.09. The summed E-state index contributed by atoms with van der Waals surface area (Å²) in [5.41, 5.74) is 8.14. The fourth-order valence-corrected chi connectivity index (χ4v) is 3.35. The Labute approximate surface area is 143 Å². The highest BCUT2D eigenvalue weighted by atomic mass is 32.1. The largest absolute Gasteiger partial charge is 0.361 e. The average molecular weight is 336 g/mol. The molecule has 0 spiro atoms. The van der Waals surface area contributed by atoms with Gasteiger partial charge in [-0.1, -0.05) is 5.16 Å². The van der Waals surface area contributed by atoms with Crippen molar-refractivity contribution in [2.45, 2.75) is 20.8 Å². The monoisotopic (exact) mass is 336 g/mol. The van der Waals surface area contributed by atoms with Gasteiger partial charge in [0.15, 0.2) is 4.77 Å². The number of fused-ring (bicyclic) bond motifs is 1. The van der Waals surface area contributed by atoms with Crippen molar-refractivity contribution in [3.05, 3.63) is 52.4 Å². The van der Waals surface area contributed by atoms with Crippen molar-refractivity contribution in [3.8, 4) is 22.3 Å². The first-order valence-electron chi connectivity index (χ1n) is 7.65. The Morgan fingerprint density at radius 2 is 1.92 bits per heavy atom. The standard InChI is InChI=1S/C18H16N4OS/c1-9-4-5-19-8-14(9)13-6-12(16-10(2)22-23-11(16)3)7-15-17(13)21-18(24)20-15/h4-8H,1-3H3,(H2,20,21,24). The van der Waals surface area contributed by atoms with Crippen LogP contribution in [0.4, 0.5) is 0 Å². The van der Waals surface area contributed by atoms with Gasteiger partial charge in [0, 0.05) is 29.1 Å². The summed E-state index contributed by atoms with van der Waals surface area (Å²) >= 11 is 5.29. The fraction of sp³-hybridized carbons (Fsp3) is 0.167. The zero-order valence-electron chi connectivity index (χ0n) is 13.6. The van der Waals surface area contributed by atoms with Gasteiger partial charge in [0.25, 0.3) is 0 Å². The maximum absolute atomic E-state index is 5.34. The third-order valence-corrected chi connectivity index (χ3v) is 4.48. The number of benzene rings is 1. The summed E-state index contributed by atoms with van der Waals surface area (Å²) in [5, 5.41) is 4.07. The number of hydrogen-bond acceptors (Lipinski definition) is 4.